The van der Waals surface area contributed by atoms with Crippen LogP contribution in [0.5, 0.6) is 5.75 Å². The average Bonchev–Trinajstić information content (AvgIpc) is 2.96. The minimum Gasteiger partial charge on any atom is -0.497 e. The van der Waals surface area contributed by atoms with Crippen LogP contribution in [0.15, 0.2) is 78.9 Å². The first-order chi connectivity index (χ1) is 20.0. The highest BCUT2D eigenvalue weighted by Gasteiger charge is 2.31. The molecule has 226 valence electrons. The summed E-state index contributed by atoms with van der Waals surface area (Å²) in [6.45, 7) is 4.33. The Morgan fingerprint density at radius 2 is 1.60 bits per heavy atom. The summed E-state index contributed by atoms with van der Waals surface area (Å²) >= 11 is 0. The topological polar surface area (TPSA) is 96.0 Å². The molecule has 0 fully saturated rings. The highest BCUT2D eigenvalue weighted by molar-refractivity contribution is 7.92. The summed E-state index contributed by atoms with van der Waals surface area (Å²) in [6.07, 6.45) is 1.50. The first kappa shape index (κ1) is 32.6. The van der Waals surface area contributed by atoms with Crippen LogP contribution in [0.2, 0.25) is 0 Å². The largest absolute Gasteiger partial charge is 0.497 e. The molecule has 3 aromatic carbocycles. The molecule has 0 bridgehead atoms. The Hall–Kier alpha value is -3.92. The van der Waals surface area contributed by atoms with Crippen molar-refractivity contribution in [3.63, 3.8) is 0 Å². The molecular weight excluding hydrogens is 557 g/mol. The van der Waals surface area contributed by atoms with E-state index >= 15 is 0 Å². The summed E-state index contributed by atoms with van der Waals surface area (Å²) < 4.78 is 46.4. The fourth-order valence-electron chi connectivity index (χ4n) is 4.54. The zero-order chi connectivity index (χ0) is 30.7. The first-order valence-electron chi connectivity index (χ1n) is 14.0. The van der Waals surface area contributed by atoms with Crippen molar-refractivity contribution >= 4 is 27.5 Å². The highest BCUT2D eigenvalue weighted by Crippen LogP contribution is 2.23. The second-order valence-electron chi connectivity index (χ2n) is 10.6. The summed E-state index contributed by atoms with van der Waals surface area (Å²) in [6, 6.07) is 21.2. The van der Waals surface area contributed by atoms with E-state index in [1.54, 1.807) is 42.5 Å². The van der Waals surface area contributed by atoms with E-state index in [0.717, 1.165) is 11.8 Å². The molecule has 2 amide bonds. The van der Waals surface area contributed by atoms with Crippen molar-refractivity contribution in [3.8, 4) is 5.75 Å². The number of methoxy groups -OCH3 is 1. The molecule has 1 N–H and O–H groups in total. The van der Waals surface area contributed by atoms with Crippen LogP contribution in [-0.2, 0) is 32.6 Å². The molecule has 3 rings (SSSR count). The van der Waals surface area contributed by atoms with Gasteiger partial charge in [-0.2, -0.15) is 0 Å². The minimum absolute atomic E-state index is 0.0423. The van der Waals surface area contributed by atoms with Crippen LogP contribution in [-0.4, -0.2) is 57.6 Å². The minimum atomic E-state index is -3.64. The van der Waals surface area contributed by atoms with Crippen molar-refractivity contribution in [3.05, 3.63) is 95.8 Å². The third-order valence-electron chi connectivity index (χ3n) is 6.77. The van der Waals surface area contributed by atoms with Crippen LogP contribution >= 0.6 is 0 Å². The van der Waals surface area contributed by atoms with Crippen LogP contribution < -0.4 is 14.4 Å². The molecule has 0 spiro atoms. The molecule has 8 nitrogen and oxygen atoms in total. The summed E-state index contributed by atoms with van der Waals surface area (Å²) in [5.41, 5.74) is 1.59. The molecule has 0 heterocycles. The van der Waals surface area contributed by atoms with Gasteiger partial charge in [-0.15, -0.1) is 0 Å². The number of ether oxygens (including phenoxy) is 1. The van der Waals surface area contributed by atoms with Crippen LogP contribution in [0.25, 0.3) is 0 Å². The van der Waals surface area contributed by atoms with Crippen LogP contribution in [0, 0.1) is 11.7 Å². The van der Waals surface area contributed by atoms with Gasteiger partial charge in [0.05, 0.1) is 19.1 Å². The van der Waals surface area contributed by atoms with Gasteiger partial charge in [-0.05, 0) is 48.2 Å². The summed E-state index contributed by atoms with van der Waals surface area (Å²) in [5, 5.41) is 2.94. The molecule has 0 aliphatic carbocycles. The number of sulfonamides is 1. The number of carbonyl (C=O) groups is 2. The monoisotopic (exact) mass is 597 g/mol. The smallest absolute Gasteiger partial charge is 0.243 e. The van der Waals surface area contributed by atoms with E-state index in [4.69, 9.17) is 4.74 Å². The second-order valence-corrected chi connectivity index (χ2v) is 12.5. The van der Waals surface area contributed by atoms with Gasteiger partial charge >= 0.3 is 0 Å². The molecule has 10 heteroatoms. The zero-order valence-corrected chi connectivity index (χ0v) is 25.4. The highest BCUT2D eigenvalue weighted by atomic mass is 32.2. The maximum Gasteiger partial charge on any atom is 0.243 e. The Morgan fingerprint density at radius 1 is 0.952 bits per heavy atom. The Balaban J connectivity index is 1.88. The van der Waals surface area contributed by atoms with E-state index in [9.17, 15) is 22.4 Å². The van der Waals surface area contributed by atoms with Gasteiger partial charge in [-0.25, -0.2) is 12.8 Å². The van der Waals surface area contributed by atoms with Crippen molar-refractivity contribution in [1.82, 2.24) is 10.2 Å². The molecule has 0 saturated heterocycles. The van der Waals surface area contributed by atoms with E-state index < -0.39 is 21.9 Å². The molecule has 0 radical (unpaired) electrons. The predicted molar refractivity (Wildman–Crippen MR) is 163 cm³/mol. The number of nitrogens with zero attached hydrogens (tertiary/aromatic N) is 2. The third-order valence-corrected chi connectivity index (χ3v) is 7.96. The normalized spacial score (nSPS) is 12.0. The molecule has 0 aliphatic heterocycles. The molecule has 0 saturated carbocycles. The third kappa shape index (κ3) is 9.58. The van der Waals surface area contributed by atoms with Gasteiger partial charge in [-0.3, -0.25) is 13.9 Å². The molecule has 42 heavy (non-hydrogen) atoms. The van der Waals surface area contributed by atoms with Crippen molar-refractivity contribution in [2.45, 2.75) is 45.7 Å². The number of nitrogens with one attached hydrogen (secondary N) is 1. The van der Waals surface area contributed by atoms with Gasteiger partial charge in [0.1, 0.15) is 17.6 Å². The lowest BCUT2D eigenvalue weighted by Gasteiger charge is -2.32. The van der Waals surface area contributed by atoms with Crippen molar-refractivity contribution in [1.29, 1.82) is 0 Å². The van der Waals surface area contributed by atoms with Crippen LogP contribution in [0.3, 0.4) is 0 Å². The van der Waals surface area contributed by atoms with E-state index in [0.29, 0.717) is 18.0 Å². The maximum atomic E-state index is 14.8. The Morgan fingerprint density at radius 3 is 2.19 bits per heavy atom. The van der Waals surface area contributed by atoms with Gasteiger partial charge in [-0.1, -0.05) is 62.4 Å². The quantitative estimate of drug-likeness (QED) is 0.272. The number of carbonyl (C=O) groups excluding carboxylic acids is 2. The van der Waals surface area contributed by atoms with Crippen LogP contribution in [0.1, 0.15) is 37.8 Å². The molecule has 3 aromatic rings. The Kier molecular flexibility index (Phi) is 11.9. The second kappa shape index (κ2) is 15.3. The maximum absolute atomic E-state index is 14.8. The molecule has 1 unspecified atom stereocenters. The summed E-state index contributed by atoms with van der Waals surface area (Å²) in [5.74, 6) is -0.386. The number of rotatable bonds is 15. The molecule has 0 aromatic heterocycles. The molecular formula is C32H40FN3O5S. The summed E-state index contributed by atoms with van der Waals surface area (Å²) in [7, 11) is -2.12. The number of hydrogen-bond acceptors (Lipinski definition) is 5. The lowest BCUT2D eigenvalue weighted by atomic mass is 10.0. The number of hydrogen-bond donors (Lipinski definition) is 1. The van der Waals surface area contributed by atoms with Gasteiger partial charge < -0.3 is 15.0 Å². The van der Waals surface area contributed by atoms with Gasteiger partial charge in [0.25, 0.3) is 0 Å². The SMILES string of the molecule is COc1ccc(N(CCCC(=O)N(Cc2ccccc2F)C(Cc2ccccc2)C(=O)NCC(C)C)S(C)(=O)=O)cc1. The Bertz CT molecular complexity index is 1420. The van der Waals surface area contributed by atoms with Gasteiger partial charge in [0.2, 0.25) is 21.8 Å². The standard InChI is InChI=1S/C32H40FN3O5S/c1-24(2)22-34-32(38)30(21-25-11-6-5-7-12-25)35(23-26-13-8-9-14-29(26)33)31(37)15-10-20-36(42(4,39)40)27-16-18-28(41-3)19-17-27/h5-9,11-14,16-19,24,30H,10,15,20-23H2,1-4H3,(H,34,38). The average molecular weight is 598 g/mol. The zero-order valence-electron chi connectivity index (χ0n) is 24.6. The molecule has 1 atom stereocenters. The van der Waals surface area contributed by atoms with E-state index in [2.05, 4.69) is 5.32 Å². The van der Waals surface area contributed by atoms with Crippen molar-refractivity contribution in [2.75, 3.05) is 30.8 Å². The number of amides is 2. The van der Waals surface area contributed by atoms with E-state index in [1.165, 1.54) is 22.4 Å². The van der Waals surface area contributed by atoms with Crippen molar-refractivity contribution in [2.24, 2.45) is 5.92 Å². The van der Waals surface area contributed by atoms with Crippen LogP contribution in [0.4, 0.5) is 10.1 Å². The number of benzene rings is 3. The lowest BCUT2D eigenvalue weighted by molar-refractivity contribution is -0.141. The number of anilines is 1. The first-order valence-corrected chi connectivity index (χ1v) is 15.8. The predicted octanol–water partition coefficient (Wildman–Crippen LogP) is 4.79. The summed E-state index contributed by atoms with van der Waals surface area (Å²) in [4.78, 5) is 28.8. The fourth-order valence-corrected chi connectivity index (χ4v) is 5.50. The number of halogens is 1. The van der Waals surface area contributed by atoms with Gasteiger partial charge in [0, 0.05) is 38.0 Å². The fraction of sp³-hybridized carbons (Fsp3) is 0.375. The Labute approximate surface area is 248 Å². The van der Waals surface area contributed by atoms with E-state index in [-0.39, 0.29) is 55.6 Å². The molecule has 0 aliphatic rings. The van der Waals surface area contributed by atoms with Crippen molar-refractivity contribution < 1.29 is 27.1 Å². The lowest BCUT2D eigenvalue weighted by Crippen LogP contribution is -2.51. The van der Waals surface area contributed by atoms with E-state index in [1.807, 2.05) is 44.2 Å². The van der Waals surface area contributed by atoms with Gasteiger partial charge in [0.15, 0.2) is 0 Å².